The number of hydrogen-bond acceptors (Lipinski definition) is 2. The van der Waals surface area contributed by atoms with Gasteiger partial charge >= 0.3 is 0 Å². The van der Waals surface area contributed by atoms with E-state index in [0.29, 0.717) is 11.7 Å². The van der Waals surface area contributed by atoms with Crippen molar-refractivity contribution in [3.63, 3.8) is 0 Å². The molecular weight excluding hydrogens is 212 g/mol. The number of aryl methyl sites for hydroxylation is 1. The van der Waals surface area contributed by atoms with Gasteiger partial charge in [0.25, 0.3) is 0 Å². The second-order valence-electron chi connectivity index (χ2n) is 5.60. The lowest BCUT2D eigenvalue weighted by molar-refractivity contribution is 0.0930. The normalized spacial score (nSPS) is 31.0. The molecule has 3 rings (SSSR count). The van der Waals surface area contributed by atoms with Gasteiger partial charge in [-0.25, -0.2) is 4.98 Å². The first-order valence-corrected chi connectivity index (χ1v) is 6.82. The average molecular weight is 232 g/mol. The number of aromatic nitrogens is 2. The zero-order chi connectivity index (χ0) is 11.8. The van der Waals surface area contributed by atoms with Crippen molar-refractivity contribution in [2.45, 2.75) is 45.6 Å². The Morgan fingerprint density at radius 1 is 1.47 bits per heavy atom. The van der Waals surface area contributed by atoms with E-state index in [9.17, 15) is 4.79 Å². The van der Waals surface area contributed by atoms with Gasteiger partial charge in [-0.1, -0.05) is 6.42 Å². The fourth-order valence-corrected chi connectivity index (χ4v) is 3.77. The summed E-state index contributed by atoms with van der Waals surface area (Å²) < 4.78 is 1.95. The number of imidazole rings is 1. The summed E-state index contributed by atoms with van der Waals surface area (Å²) in [6, 6.07) is 0. The molecule has 0 aliphatic heterocycles. The minimum atomic E-state index is 0.245. The molecule has 1 aromatic heterocycles. The zero-order valence-electron chi connectivity index (χ0n) is 10.4. The number of rotatable bonds is 4. The first kappa shape index (κ1) is 11.0. The van der Waals surface area contributed by atoms with Crippen molar-refractivity contribution in [2.24, 2.45) is 17.8 Å². The Bertz CT molecular complexity index is 424. The maximum absolute atomic E-state index is 12.2. The maximum atomic E-state index is 12.2. The highest BCUT2D eigenvalue weighted by atomic mass is 16.1. The van der Waals surface area contributed by atoms with Crippen LogP contribution in [0, 0.1) is 17.8 Å². The van der Waals surface area contributed by atoms with E-state index in [4.69, 9.17) is 0 Å². The molecule has 3 atom stereocenters. The van der Waals surface area contributed by atoms with Gasteiger partial charge in [-0.15, -0.1) is 0 Å². The lowest BCUT2D eigenvalue weighted by atomic mass is 9.85. The van der Waals surface area contributed by atoms with Gasteiger partial charge in [0.1, 0.15) is 0 Å². The fourth-order valence-electron chi connectivity index (χ4n) is 3.77. The molecule has 92 valence electrons. The Kier molecular flexibility index (Phi) is 2.77. The van der Waals surface area contributed by atoms with E-state index in [1.165, 1.54) is 25.7 Å². The molecule has 1 aromatic rings. The molecule has 1 heterocycles. The van der Waals surface area contributed by atoms with E-state index in [-0.39, 0.29) is 5.78 Å². The number of fused-ring (bicyclic) bond motifs is 2. The van der Waals surface area contributed by atoms with Crippen LogP contribution in [-0.2, 0) is 6.54 Å². The third kappa shape index (κ3) is 1.92. The molecule has 2 aliphatic carbocycles. The number of carbonyl (C=O) groups excluding carboxylic acids is 1. The van der Waals surface area contributed by atoms with Gasteiger partial charge in [0.2, 0.25) is 0 Å². The molecule has 2 aliphatic rings. The molecule has 2 saturated carbocycles. The van der Waals surface area contributed by atoms with Crippen molar-refractivity contribution in [3.8, 4) is 0 Å². The van der Waals surface area contributed by atoms with Crippen LogP contribution in [0.5, 0.6) is 0 Å². The summed E-state index contributed by atoms with van der Waals surface area (Å²) >= 11 is 0. The Morgan fingerprint density at radius 2 is 2.35 bits per heavy atom. The third-order valence-electron chi connectivity index (χ3n) is 4.64. The second-order valence-corrected chi connectivity index (χ2v) is 5.60. The SMILES string of the molecule is CCn1ccnc1C(=O)CC1CC2CCC1C2. The molecule has 3 nitrogen and oxygen atoms in total. The predicted molar refractivity (Wildman–Crippen MR) is 65.8 cm³/mol. The first-order valence-electron chi connectivity index (χ1n) is 6.82. The molecule has 0 N–H and O–H groups in total. The molecule has 0 radical (unpaired) electrons. The number of nitrogens with zero attached hydrogens (tertiary/aromatic N) is 2. The van der Waals surface area contributed by atoms with Gasteiger partial charge in [0.15, 0.2) is 11.6 Å². The number of carbonyl (C=O) groups is 1. The minimum absolute atomic E-state index is 0.245. The highest BCUT2D eigenvalue weighted by Gasteiger charge is 2.40. The first-order chi connectivity index (χ1) is 8.28. The largest absolute Gasteiger partial charge is 0.329 e. The van der Waals surface area contributed by atoms with E-state index in [1.54, 1.807) is 6.20 Å². The summed E-state index contributed by atoms with van der Waals surface area (Å²) in [5, 5.41) is 0. The highest BCUT2D eigenvalue weighted by Crippen LogP contribution is 2.49. The van der Waals surface area contributed by atoms with Crippen LogP contribution in [-0.4, -0.2) is 15.3 Å². The molecular formula is C14H20N2O. The average Bonchev–Trinajstić information content (AvgIpc) is 3.04. The Hall–Kier alpha value is -1.12. The monoisotopic (exact) mass is 232 g/mol. The molecule has 2 fully saturated rings. The molecule has 0 saturated heterocycles. The van der Waals surface area contributed by atoms with Crippen molar-refractivity contribution in [1.29, 1.82) is 0 Å². The van der Waals surface area contributed by atoms with Crippen molar-refractivity contribution in [2.75, 3.05) is 0 Å². The summed E-state index contributed by atoms with van der Waals surface area (Å²) in [5.41, 5.74) is 0. The topological polar surface area (TPSA) is 34.9 Å². The van der Waals surface area contributed by atoms with Crippen molar-refractivity contribution >= 4 is 5.78 Å². The Balaban J connectivity index is 1.68. The number of hydrogen-bond donors (Lipinski definition) is 0. The maximum Gasteiger partial charge on any atom is 0.198 e. The van der Waals surface area contributed by atoms with Gasteiger partial charge in [0, 0.05) is 25.4 Å². The lowest BCUT2D eigenvalue weighted by Crippen LogP contribution is -2.18. The highest BCUT2D eigenvalue weighted by molar-refractivity contribution is 5.93. The molecule has 0 spiro atoms. The lowest BCUT2D eigenvalue weighted by Gasteiger charge is -2.20. The fraction of sp³-hybridized carbons (Fsp3) is 0.714. The van der Waals surface area contributed by atoms with Crippen LogP contribution in [0.25, 0.3) is 0 Å². The summed E-state index contributed by atoms with van der Waals surface area (Å²) in [7, 11) is 0. The van der Waals surface area contributed by atoms with E-state index in [2.05, 4.69) is 11.9 Å². The zero-order valence-corrected chi connectivity index (χ0v) is 10.4. The summed E-state index contributed by atoms with van der Waals surface area (Å²) in [5.74, 6) is 3.30. The van der Waals surface area contributed by atoms with E-state index in [1.807, 2.05) is 10.8 Å². The Morgan fingerprint density at radius 3 is 3.00 bits per heavy atom. The van der Waals surface area contributed by atoms with Gasteiger partial charge in [-0.2, -0.15) is 0 Å². The van der Waals surface area contributed by atoms with Crippen molar-refractivity contribution < 1.29 is 4.79 Å². The van der Waals surface area contributed by atoms with Gasteiger partial charge < -0.3 is 4.57 Å². The van der Waals surface area contributed by atoms with Crippen LogP contribution in [0.15, 0.2) is 12.4 Å². The number of ketones is 1. The third-order valence-corrected chi connectivity index (χ3v) is 4.64. The molecule has 17 heavy (non-hydrogen) atoms. The van der Waals surface area contributed by atoms with Crippen molar-refractivity contribution in [1.82, 2.24) is 9.55 Å². The van der Waals surface area contributed by atoms with Gasteiger partial charge in [-0.05, 0) is 43.9 Å². The summed E-state index contributed by atoms with van der Waals surface area (Å²) in [6.07, 6.45) is 9.76. The summed E-state index contributed by atoms with van der Waals surface area (Å²) in [6.45, 7) is 2.88. The van der Waals surface area contributed by atoms with Crippen LogP contribution in [0.2, 0.25) is 0 Å². The van der Waals surface area contributed by atoms with E-state index in [0.717, 1.165) is 24.8 Å². The smallest absolute Gasteiger partial charge is 0.198 e. The molecule has 0 amide bonds. The predicted octanol–water partition coefficient (Wildman–Crippen LogP) is 2.91. The van der Waals surface area contributed by atoms with E-state index >= 15 is 0 Å². The molecule has 2 bridgehead atoms. The van der Waals surface area contributed by atoms with Crippen molar-refractivity contribution in [3.05, 3.63) is 18.2 Å². The molecule has 3 unspecified atom stereocenters. The van der Waals surface area contributed by atoms with Crippen LogP contribution < -0.4 is 0 Å². The Labute approximate surface area is 102 Å². The van der Waals surface area contributed by atoms with Crippen LogP contribution >= 0.6 is 0 Å². The van der Waals surface area contributed by atoms with E-state index < -0.39 is 0 Å². The number of Topliss-reactive ketones (excluding diaryl/α,β-unsaturated/α-hetero) is 1. The summed E-state index contributed by atoms with van der Waals surface area (Å²) in [4.78, 5) is 16.4. The second kappa shape index (κ2) is 4.28. The minimum Gasteiger partial charge on any atom is -0.329 e. The molecule has 0 aromatic carbocycles. The molecule has 3 heteroatoms. The van der Waals surface area contributed by atoms with Crippen LogP contribution in [0.4, 0.5) is 0 Å². The van der Waals surface area contributed by atoms with Gasteiger partial charge in [0.05, 0.1) is 0 Å². The van der Waals surface area contributed by atoms with Crippen LogP contribution in [0.1, 0.15) is 49.6 Å². The van der Waals surface area contributed by atoms with Crippen LogP contribution in [0.3, 0.4) is 0 Å². The standard InChI is InChI=1S/C14H20N2O/c1-2-16-6-5-15-14(16)13(17)9-12-8-10-3-4-11(12)7-10/h5-6,10-12H,2-4,7-9H2,1H3. The van der Waals surface area contributed by atoms with Gasteiger partial charge in [-0.3, -0.25) is 4.79 Å². The quantitative estimate of drug-likeness (QED) is 0.748.